The van der Waals surface area contributed by atoms with E-state index in [0.29, 0.717) is 0 Å². The molecule has 0 aromatic heterocycles. The first kappa shape index (κ1) is 8.84. The molecule has 0 amide bonds. The predicted molar refractivity (Wildman–Crippen MR) is 14.5 cm³/mol. The molecule has 0 aliphatic rings. The number of nitrogens with zero attached hydrogens (tertiary/aromatic N) is 1. The van der Waals surface area contributed by atoms with E-state index in [9.17, 15) is 0 Å². The van der Waals surface area contributed by atoms with Crippen molar-refractivity contribution in [2.24, 2.45) is 0 Å². The second kappa shape index (κ2) is 3.37. The van der Waals surface area contributed by atoms with E-state index < -0.39 is 5.09 Å². The Kier molecular flexibility index (Phi) is 5.95. The van der Waals surface area contributed by atoms with Crippen molar-refractivity contribution in [3.8, 4) is 0 Å². The van der Waals surface area contributed by atoms with Gasteiger partial charge in [-0.3, -0.25) is 0 Å². The molecule has 0 heterocycles. The summed E-state index contributed by atoms with van der Waals surface area (Å²) in [7, 11) is 0. The quantitative estimate of drug-likeness (QED) is 0.233. The molecule has 0 saturated heterocycles. The van der Waals surface area contributed by atoms with E-state index in [1.165, 1.54) is 0 Å². The van der Waals surface area contributed by atoms with Gasteiger partial charge in [-0.25, -0.2) is 0 Å². The first-order chi connectivity index (χ1) is 1.73. The summed E-state index contributed by atoms with van der Waals surface area (Å²) in [5.74, 6) is 0. The van der Waals surface area contributed by atoms with Gasteiger partial charge in [0.2, 0.25) is 0 Å². The molecule has 0 bridgehead atoms. The molecule has 0 spiro atoms. The Hall–Kier alpha value is -0.631. The van der Waals surface area contributed by atoms with Gasteiger partial charge in [-0.1, -0.05) is 0 Å². The molecule has 0 saturated carbocycles. The van der Waals surface area contributed by atoms with Crippen molar-refractivity contribution in [2.45, 2.75) is 0 Å². The minimum atomic E-state index is -1.50. The molecule has 4 nitrogen and oxygen atoms in total. The Morgan fingerprint density at radius 1 is 1.80 bits per heavy atom. The molecule has 0 atom stereocenters. The van der Waals surface area contributed by atoms with E-state index in [1.807, 2.05) is 0 Å². The normalized spacial score (nSPS) is 4.80. The fourth-order valence-corrected chi connectivity index (χ4v) is 0. The second-order valence-electron chi connectivity index (χ2n) is 0.238. The van der Waals surface area contributed by atoms with Crippen LogP contribution in [0.5, 0.6) is 0 Å². The van der Waals surface area contributed by atoms with Crippen LogP contribution < -0.4 is 0 Å². The van der Waals surface area contributed by atoms with Crippen LogP contribution in [0.2, 0.25) is 0 Å². The summed E-state index contributed by atoms with van der Waals surface area (Å²) in [6, 6.07) is 0. The van der Waals surface area contributed by atoms with Gasteiger partial charge < -0.3 is 5.21 Å². The zero-order chi connectivity index (χ0) is 3.58. The maximum Gasteiger partial charge on any atom is 0.291 e. The van der Waals surface area contributed by atoms with Gasteiger partial charge in [0.25, 0.3) is 5.09 Å². The summed E-state index contributed by atoms with van der Waals surface area (Å²) in [6.45, 7) is 0. The van der Waals surface area contributed by atoms with Crippen LogP contribution in [0.1, 0.15) is 0 Å². The van der Waals surface area contributed by atoms with Crippen LogP contribution in [-0.2, 0) is 0 Å². The van der Waals surface area contributed by atoms with Crippen molar-refractivity contribution in [3.63, 3.8) is 0 Å². The van der Waals surface area contributed by atoms with Crippen LogP contribution >= 0.6 is 0 Å². The van der Waals surface area contributed by atoms with Gasteiger partial charge in [0, 0.05) is 10.1 Å². The molecular formula is HBeNO3. The summed E-state index contributed by atoms with van der Waals surface area (Å²) in [5.41, 5.74) is 0. The molecule has 0 aromatic rings. The van der Waals surface area contributed by atoms with Crippen LogP contribution in [0.3, 0.4) is 0 Å². The van der Waals surface area contributed by atoms with Crippen LogP contribution in [0.4, 0.5) is 0 Å². The molecule has 0 unspecified atom stereocenters. The van der Waals surface area contributed by atoms with Gasteiger partial charge in [0.1, 0.15) is 0 Å². The van der Waals surface area contributed by atoms with Gasteiger partial charge in [-0.2, -0.15) is 0 Å². The predicted octanol–water partition coefficient (Wildman–Crippen LogP) is -0.729. The summed E-state index contributed by atoms with van der Waals surface area (Å²) in [5, 5.41) is 13.6. The van der Waals surface area contributed by atoms with Gasteiger partial charge >= 0.3 is 0 Å². The molecule has 0 aromatic carbocycles. The van der Waals surface area contributed by atoms with Crippen LogP contribution in [0, 0.1) is 10.1 Å². The smallest absolute Gasteiger partial charge is 0.291 e. The minimum absolute atomic E-state index is 0. The Balaban J connectivity index is 0. The van der Waals surface area contributed by atoms with Crippen molar-refractivity contribution in [1.29, 1.82) is 0 Å². The molecule has 5 heavy (non-hydrogen) atoms. The minimum Gasteiger partial charge on any atom is -0.328 e. The van der Waals surface area contributed by atoms with Crippen molar-refractivity contribution in [3.05, 3.63) is 10.1 Å². The summed E-state index contributed by atoms with van der Waals surface area (Å²) in [6.07, 6.45) is 0. The van der Waals surface area contributed by atoms with Crippen LogP contribution in [0.25, 0.3) is 0 Å². The van der Waals surface area contributed by atoms with Gasteiger partial charge in [-0.05, 0) is 0 Å². The Bertz CT molecular complexity index is 29.9. The average molecular weight is 72.0 g/mol. The fraction of sp³-hybridized carbons (Fsp3) is 0. The summed E-state index contributed by atoms with van der Waals surface area (Å²) < 4.78 is 0. The average Bonchev–Trinajstić information content (AvgIpc) is 0.811. The standard InChI is InChI=1S/Be.HNO3/c;2-1(3)4/h;(H,2,3,4). The molecule has 0 aliphatic carbocycles. The van der Waals surface area contributed by atoms with E-state index in [-0.39, 0.29) is 10.1 Å². The van der Waals surface area contributed by atoms with Crippen LogP contribution in [-0.4, -0.2) is 20.4 Å². The molecule has 0 fully saturated rings. The first-order valence-corrected chi connectivity index (χ1v) is 0.565. The summed E-state index contributed by atoms with van der Waals surface area (Å²) in [4.78, 5) is 8.36. The third-order valence-electron chi connectivity index (χ3n) is 0. The van der Waals surface area contributed by atoms with E-state index in [1.54, 1.807) is 0 Å². The topological polar surface area (TPSA) is 63.4 Å². The molecule has 26 valence electrons. The maximum absolute atomic E-state index is 8.36. The molecule has 0 aliphatic heterocycles. The Labute approximate surface area is 31.7 Å². The first-order valence-electron chi connectivity index (χ1n) is 0.565. The number of rotatable bonds is 0. The summed E-state index contributed by atoms with van der Waals surface area (Å²) >= 11 is 0. The third kappa shape index (κ3) is 15.8. The second-order valence-corrected chi connectivity index (χ2v) is 0.238. The maximum atomic E-state index is 8.36. The molecule has 2 radical (unpaired) electrons. The number of hydrogen-bond donors (Lipinski definition) is 1. The molecule has 1 N–H and O–H groups in total. The van der Waals surface area contributed by atoms with Gasteiger partial charge in [-0.15, -0.1) is 10.1 Å². The van der Waals surface area contributed by atoms with Crippen molar-refractivity contribution < 1.29 is 10.3 Å². The third-order valence-corrected chi connectivity index (χ3v) is 0. The fourth-order valence-electron chi connectivity index (χ4n) is 0. The molecule has 0 rings (SSSR count). The van der Waals surface area contributed by atoms with Crippen molar-refractivity contribution >= 4 is 10.1 Å². The van der Waals surface area contributed by atoms with Crippen molar-refractivity contribution in [2.75, 3.05) is 0 Å². The Morgan fingerprint density at radius 2 is 1.80 bits per heavy atom. The van der Waals surface area contributed by atoms with Crippen molar-refractivity contribution in [1.82, 2.24) is 0 Å². The monoisotopic (exact) mass is 72.0 g/mol. The van der Waals surface area contributed by atoms with E-state index in [0.717, 1.165) is 0 Å². The van der Waals surface area contributed by atoms with Gasteiger partial charge in [0.05, 0.1) is 0 Å². The SMILES string of the molecule is O=[N+]([O-])O.[Be]. The van der Waals surface area contributed by atoms with E-state index in [2.05, 4.69) is 0 Å². The number of hydrogen-bond acceptors (Lipinski definition) is 2. The molecule has 5 heteroatoms. The molecular weight excluding hydrogens is 71.0 g/mol. The largest absolute Gasteiger partial charge is 0.328 e. The Morgan fingerprint density at radius 3 is 1.80 bits per heavy atom. The van der Waals surface area contributed by atoms with Gasteiger partial charge in [0.15, 0.2) is 0 Å². The zero-order valence-electron chi connectivity index (χ0n) is 2.42. The van der Waals surface area contributed by atoms with E-state index >= 15 is 0 Å². The van der Waals surface area contributed by atoms with Crippen LogP contribution in [0.15, 0.2) is 0 Å². The van der Waals surface area contributed by atoms with E-state index in [4.69, 9.17) is 15.3 Å². The zero-order valence-corrected chi connectivity index (χ0v) is 2.42.